The van der Waals surface area contributed by atoms with Crippen molar-refractivity contribution in [3.63, 3.8) is 0 Å². The Labute approximate surface area is 139 Å². The summed E-state index contributed by atoms with van der Waals surface area (Å²) in [6.45, 7) is 2.29. The lowest BCUT2D eigenvalue weighted by Crippen LogP contribution is -2.22. The van der Waals surface area contributed by atoms with Gasteiger partial charge in [-0.05, 0) is 47.2 Å². The third kappa shape index (κ3) is 3.41. The Balaban J connectivity index is 2.25. The molecular formula is C12H11IN2O3S2. The Morgan fingerprint density at radius 3 is 3.00 bits per heavy atom. The second-order valence-electron chi connectivity index (χ2n) is 3.79. The summed E-state index contributed by atoms with van der Waals surface area (Å²) >= 11 is 8.34. The number of aromatic hydroxyl groups is 1. The monoisotopic (exact) mass is 422 g/mol. The third-order valence-corrected chi connectivity index (χ3v) is 4.56. The van der Waals surface area contributed by atoms with Gasteiger partial charge in [0.15, 0.2) is 15.8 Å². The average molecular weight is 422 g/mol. The molecule has 0 spiro atoms. The molecule has 1 heterocycles. The minimum Gasteiger partial charge on any atom is -0.504 e. The van der Waals surface area contributed by atoms with Crippen molar-refractivity contribution in [3.05, 3.63) is 21.3 Å². The number of benzene rings is 1. The fraction of sp³-hybridized carbons (Fsp3) is 0.250. The Hall–Kier alpha value is -0.870. The maximum Gasteiger partial charge on any atom is 0.259 e. The van der Waals surface area contributed by atoms with Crippen LogP contribution >= 0.6 is 46.6 Å². The van der Waals surface area contributed by atoms with Crippen LogP contribution in [0.4, 0.5) is 0 Å². The number of hydrazone groups is 1. The number of nitrogens with zero attached hydrogens (tertiary/aromatic N) is 2. The second kappa shape index (κ2) is 6.72. The van der Waals surface area contributed by atoms with Crippen LogP contribution in [-0.2, 0) is 4.79 Å². The summed E-state index contributed by atoms with van der Waals surface area (Å²) in [4.78, 5) is 11.5. The van der Waals surface area contributed by atoms with Gasteiger partial charge in [0.2, 0.25) is 0 Å². The topological polar surface area (TPSA) is 62.1 Å². The van der Waals surface area contributed by atoms with E-state index in [1.807, 2.05) is 29.5 Å². The number of phenolic OH excluding ortho intramolecular Hbond substituents is 1. The molecule has 20 heavy (non-hydrogen) atoms. The summed E-state index contributed by atoms with van der Waals surface area (Å²) in [7, 11) is 0. The van der Waals surface area contributed by atoms with Gasteiger partial charge in [-0.1, -0.05) is 24.0 Å². The zero-order valence-corrected chi connectivity index (χ0v) is 14.3. The Bertz CT molecular complexity index is 576. The molecule has 1 amide bonds. The number of amides is 1. The standard InChI is InChI=1S/C12H11IN2O3S2/c1-2-18-9-4-7(3-8(13)11(9)17)5-14-15-10(16)6-20-12(15)19/h3-5,17H,2,6H2,1H3. The van der Waals surface area contributed by atoms with E-state index < -0.39 is 0 Å². The van der Waals surface area contributed by atoms with Crippen LogP contribution in [0.3, 0.4) is 0 Å². The molecule has 5 nitrogen and oxygen atoms in total. The Morgan fingerprint density at radius 2 is 2.40 bits per heavy atom. The molecule has 2 rings (SSSR count). The van der Waals surface area contributed by atoms with Gasteiger partial charge in [-0.25, -0.2) is 0 Å². The van der Waals surface area contributed by atoms with E-state index in [-0.39, 0.29) is 11.7 Å². The minimum absolute atomic E-state index is 0.105. The zero-order chi connectivity index (χ0) is 14.7. The van der Waals surface area contributed by atoms with Crippen molar-refractivity contribution < 1.29 is 14.6 Å². The number of rotatable bonds is 4. The highest BCUT2D eigenvalue weighted by atomic mass is 127. The van der Waals surface area contributed by atoms with Crippen LogP contribution < -0.4 is 4.74 Å². The van der Waals surface area contributed by atoms with Gasteiger partial charge in [-0.15, -0.1) is 0 Å². The van der Waals surface area contributed by atoms with Crippen molar-refractivity contribution in [1.29, 1.82) is 0 Å². The van der Waals surface area contributed by atoms with Crippen molar-refractivity contribution in [1.82, 2.24) is 5.01 Å². The molecule has 1 fully saturated rings. The summed E-state index contributed by atoms with van der Waals surface area (Å²) in [6, 6.07) is 3.42. The minimum atomic E-state index is -0.130. The smallest absolute Gasteiger partial charge is 0.259 e. The molecule has 0 atom stereocenters. The second-order valence-corrected chi connectivity index (χ2v) is 6.56. The largest absolute Gasteiger partial charge is 0.504 e. The van der Waals surface area contributed by atoms with Crippen LogP contribution in [0.1, 0.15) is 12.5 Å². The zero-order valence-electron chi connectivity index (χ0n) is 10.5. The lowest BCUT2D eigenvalue weighted by Gasteiger charge is -2.09. The molecular weight excluding hydrogens is 411 g/mol. The number of hydrogen-bond acceptors (Lipinski definition) is 6. The molecule has 0 aliphatic carbocycles. The van der Waals surface area contributed by atoms with Gasteiger partial charge in [0.25, 0.3) is 5.91 Å². The molecule has 106 valence electrons. The van der Waals surface area contributed by atoms with Crippen LogP contribution in [0, 0.1) is 3.57 Å². The van der Waals surface area contributed by atoms with Gasteiger partial charge in [0, 0.05) is 0 Å². The molecule has 8 heteroatoms. The number of thiocarbonyl (C=S) groups is 1. The normalized spacial score (nSPS) is 15.4. The van der Waals surface area contributed by atoms with E-state index >= 15 is 0 Å². The van der Waals surface area contributed by atoms with Gasteiger partial charge >= 0.3 is 0 Å². The number of thioether (sulfide) groups is 1. The molecule has 1 saturated heterocycles. The van der Waals surface area contributed by atoms with Crippen LogP contribution in [-0.4, -0.2) is 38.9 Å². The van der Waals surface area contributed by atoms with Gasteiger partial charge < -0.3 is 9.84 Å². The molecule has 1 aromatic rings. The molecule has 0 unspecified atom stereocenters. The Kier molecular flexibility index (Phi) is 5.22. The molecule has 0 saturated carbocycles. The number of carbonyl (C=O) groups excluding carboxylic acids is 1. The molecule has 1 aromatic carbocycles. The van der Waals surface area contributed by atoms with Crippen LogP contribution in [0.5, 0.6) is 11.5 Å². The number of ether oxygens (including phenoxy) is 1. The third-order valence-electron chi connectivity index (χ3n) is 2.40. The molecule has 0 radical (unpaired) electrons. The first-order chi connectivity index (χ1) is 9.52. The summed E-state index contributed by atoms with van der Waals surface area (Å²) in [5.41, 5.74) is 0.725. The first kappa shape index (κ1) is 15.5. The molecule has 1 aliphatic rings. The van der Waals surface area contributed by atoms with E-state index in [2.05, 4.69) is 5.10 Å². The predicted octanol–water partition coefficient (Wildman–Crippen LogP) is 2.59. The van der Waals surface area contributed by atoms with Crippen molar-refractivity contribution in [2.75, 3.05) is 12.4 Å². The SMILES string of the molecule is CCOc1cc(C=NN2C(=O)CSC2=S)cc(I)c1O. The van der Waals surface area contributed by atoms with Crippen molar-refractivity contribution in [2.45, 2.75) is 6.92 Å². The van der Waals surface area contributed by atoms with Gasteiger partial charge in [-0.3, -0.25) is 4.79 Å². The number of carbonyl (C=O) groups is 1. The number of halogens is 1. The lowest BCUT2D eigenvalue weighted by molar-refractivity contribution is -0.123. The summed E-state index contributed by atoms with van der Waals surface area (Å²) in [5, 5.41) is 15.1. The first-order valence-electron chi connectivity index (χ1n) is 5.72. The van der Waals surface area contributed by atoms with Crippen molar-refractivity contribution >= 4 is 63.0 Å². The summed E-state index contributed by atoms with van der Waals surface area (Å²) in [5.74, 6) is 0.696. The van der Waals surface area contributed by atoms with E-state index in [9.17, 15) is 9.90 Å². The first-order valence-corrected chi connectivity index (χ1v) is 8.19. The van der Waals surface area contributed by atoms with E-state index in [0.717, 1.165) is 5.56 Å². The van der Waals surface area contributed by atoms with E-state index in [1.54, 1.807) is 12.1 Å². The van der Waals surface area contributed by atoms with Crippen LogP contribution in [0.2, 0.25) is 0 Å². The van der Waals surface area contributed by atoms with E-state index in [1.165, 1.54) is 23.0 Å². The average Bonchev–Trinajstić information content (AvgIpc) is 2.72. The van der Waals surface area contributed by atoms with E-state index in [0.29, 0.717) is 26.0 Å². The molecule has 1 aliphatic heterocycles. The van der Waals surface area contributed by atoms with E-state index in [4.69, 9.17) is 17.0 Å². The highest BCUT2D eigenvalue weighted by Gasteiger charge is 2.26. The highest BCUT2D eigenvalue weighted by Crippen LogP contribution is 2.32. The molecule has 0 bridgehead atoms. The summed E-state index contributed by atoms with van der Waals surface area (Å²) < 4.78 is 6.45. The van der Waals surface area contributed by atoms with Gasteiger partial charge in [-0.2, -0.15) is 10.1 Å². The fourth-order valence-electron chi connectivity index (χ4n) is 1.52. The van der Waals surface area contributed by atoms with Crippen LogP contribution in [0.25, 0.3) is 0 Å². The molecule has 1 N–H and O–H groups in total. The predicted molar refractivity (Wildman–Crippen MR) is 91.5 cm³/mol. The maximum absolute atomic E-state index is 11.5. The quantitative estimate of drug-likeness (QED) is 0.459. The fourth-order valence-corrected chi connectivity index (χ4v) is 3.11. The van der Waals surface area contributed by atoms with Crippen molar-refractivity contribution in [2.24, 2.45) is 5.10 Å². The maximum atomic E-state index is 11.5. The van der Waals surface area contributed by atoms with Gasteiger partial charge in [0.1, 0.15) is 0 Å². The number of hydrogen-bond donors (Lipinski definition) is 1. The molecule has 0 aromatic heterocycles. The summed E-state index contributed by atoms with van der Waals surface area (Å²) in [6.07, 6.45) is 1.53. The number of phenols is 1. The lowest BCUT2D eigenvalue weighted by atomic mass is 10.2. The van der Waals surface area contributed by atoms with Crippen molar-refractivity contribution in [3.8, 4) is 11.5 Å². The van der Waals surface area contributed by atoms with Gasteiger partial charge in [0.05, 0.1) is 22.1 Å². The van der Waals surface area contributed by atoms with Crippen LogP contribution in [0.15, 0.2) is 17.2 Å². The highest BCUT2D eigenvalue weighted by molar-refractivity contribution is 14.1. The Morgan fingerprint density at radius 1 is 1.65 bits per heavy atom.